The molecular weight excluding hydrogens is 292 g/mol. The second-order valence-electron chi connectivity index (χ2n) is 6.86. The van der Waals surface area contributed by atoms with Crippen LogP contribution in [-0.2, 0) is 19.4 Å². The predicted octanol–water partition coefficient (Wildman–Crippen LogP) is 0.571. The van der Waals surface area contributed by atoms with Gasteiger partial charge in [0.1, 0.15) is 12.1 Å². The molecule has 2 amide bonds. The summed E-state index contributed by atoms with van der Waals surface area (Å²) in [6.07, 6.45) is 1.70. The largest absolute Gasteiger partial charge is 0.343 e. The number of piperazine rings is 1. The van der Waals surface area contributed by atoms with Crippen molar-refractivity contribution in [3.05, 3.63) is 0 Å². The fourth-order valence-corrected chi connectivity index (χ4v) is 2.63. The van der Waals surface area contributed by atoms with Crippen LogP contribution in [0, 0.1) is 5.92 Å². The van der Waals surface area contributed by atoms with Crippen LogP contribution in [0.2, 0.25) is 0 Å². The SMILES string of the molecule is CC(C)CC1NC(=O)C(C)N(CC(C)(C)S(C)(=O)=O)C1=O. The molecule has 6 nitrogen and oxygen atoms in total. The number of nitrogens with zero attached hydrogens (tertiary/aromatic N) is 1. The molecule has 1 rings (SSSR count). The maximum atomic E-state index is 12.5. The van der Waals surface area contributed by atoms with Gasteiger partial charge in [0.15, 0.2) is 9.84 Å². The van der Waals surface area contributed by atoms with E-state index in [1.807, 2.05) is 13.8 Å². The van der Waals surface area contributed by atoms with Crippen LogP contribution in [0.5, 0.6) is 0 Å². The van der Waals surface area contributed by atoms with Gasteiger partial charge in [0.25, 0.3) is 0 Å². The minimum atomic E-state index is -3.33. The molecule has 7 heteroatoms. The molecule has 0 bridgehead atoms. The average molecular weight is 318 g/mol. The van der Waals surface area contributed by atoms with Gasteiger partial charge in [-0.15, -0.1) is 0 Å². The number of hydrogen-bond acceptors (Lipinski definition) is 4. The highest BCUT2D eigenvalue weighted by molar-refractivity contribution is 7.92. The molecule has 0 aromatic carbocycles. The zero-order valence-corrected chi connectivity index (χ0v) is 14.5. The molecular formula is C14H26N2O4S. The van der Waals surface area contributed by atoms with E-state index < -0.39 is 26.7 Å². The first kappa shape index (κ1) is 17.9. The zero-order valence-electron chi connectivity index (χ0n) is 13.6. The van der Waals surface area contributed by atoms with Gasteiger partial charge in [-0.2, -0.15) is 0 Å². The zero-order chi connectivity index (χ0) is 16.6. The van der Waals surface area contributed by atoms with Crippen LogP contribution in [0.4, 0.5) is 0 Å². The Morgan fingerprint density at radius 2 is 1.81 bits per heavy atom. The Morgan fingerprint density at radius 3 is 2.24 bits per heavy atom. The standard InChI is InChI=1S/C14H26N2O4S/c1-9(2)7-11-13(18)16(10(3)12(17)15-11)8-14(4,5)21(6,19)20/h9-11H,7-8H2,1-6H3,(H,15,17). The molecule has 1 aliphatic heterocycles. The molecule has 1 aliphatic rings. The summed E-state index contributed by atoms with van der Waals surface area (Å²) in [6.45, 7) is 8.74. The van der Waals surface area contributed by atoms with Crippen LogP contribution in [0.25, 0.3) is 0 Å². The quantitative estimate of drug-likeness (QED) is 0.803. The number of sulfone groups is 1. The number of nitrogens with one attached hydrogen (secondary N) is 1. The number of rotatable bonds is 5. The maximum Gasteiger partial charge on any atom is 0.245 e. The van der Waals surface area contributed by atoms with Crippen molar-refractivity contribution in [1.29, 1.82) is 0 Å². The van der Waals surface area contributed by atoms with Crippen molar-refractivity contribution in [3.8, 4) is 0 Å². The van der Waals surface area contributed by atoms with Crippen LogP contribution in [0.1, 0.15) is 41.0 Å². The van der Waals surface area contributed by atoms with E-state index in [2.05, 4.69) is 5.32 Å². The molecule has 21 heavy (non-hydrogen) atoms. The van der Waals surface area contributed by atoms with E-state index in [0.717, 1.165) is 6.26 Å². The summed E-state index contributed by atoms with van der Waals surface area (Å²) in [5.41, 5.74) is 0. The van der Waals surface area contributed by atoms with Crippen molar-refractivity contribution >= 4 is 21.7 Å². The highest BCUT2D eigenvalue weighted by Crippen LogP contribution is 2.22. The van der Waals surface area contributed by atoms with Crippen LogP contribution in [-0.4, -0.2) is 54.8 Å². The third-order valence-electron chi connectivity index (χ3n) is 4.01. The predicted molar refractivity (Wildman–Crippen MR) is 81.5 cm³/mol. The van der Waals surface area contributed by atoms with Crippen molar-refractivity contribution in [2.75, 3.05) is 12.8 Å². The van der Waals surface area contributed by atoms with E-state index >= 15 is 0 Å². The van der Waals surface area contributed by atoms with Gasteiger partial charge in [0.05, 0.1) is 4.75 Å². The monoisotopic (exact) mass is 318 g/mol. The molecule has 0 aromatic heterocycles. The average Bonchev–Trinajstić information content (AvgIpc) is 2.29. The Balaban J connectivity index is 3.02. The Hall–Kier alpha value is -1.11. The second-order valence-corrected chi connectivity index (χ2v) is 9.51. The summed E-state index contributed by atoms with van der Waals surface area (Å²) in [4.78, 5) is 26.0. The molecule has 0 saturated carbocycles. The molecule has 2 unspecified atom stereocenters. The smallest absolute Gasteiger partial charge is 0.245 e. The molecule has 1 fully saturated rings. The van der Waals surface area contributed by atoms with Gasteiger partial charge >= 0.3 is 0 Å². The molecule has 1 saturated heterocycles. The Labute approximate surface area is 127 Å². The van der Waals surface area contributed by atoms with Crippen molar-refractivity contribution in [2.24, 2.45) is 5.92 Å². The topological polar surface area (TPSA) is 83.6 Å². The molecule has 2 atom stereocenters. The van der Waals surface area contributed by atoms with E-state index in [9.17, 15) is 18.0 Å². The van der Waals surface area contributed by atoms with E-state index in [0.29, 0.717) is 6.42 Å². The lowest BCUT2D eigenvalue weighted by Gasteiger charge is -2.41. The molecule has 0 aromatic rings. The van der Waals surface area contributed by atoms with Crippen molar-refractivity contribution in [1.82, 2.24) is 10.2 Å². The van der Waals surface area contributed by atoms with Gasteiger partial charge in [0.2, 0.25) is 11.8 Å². The summed E-state index contributed by atoms with van der Waals surface area (Å²) in [5.74, 6) is -0.172. The number of hydrogen-bond donors (Lipinski definition) is 1. The second kappa shape index (κ2) is 5.94. The number of amides is 2. The molecule has 1 heterocycles. The third-order valence-corrected chi connectivity index (χ3v) is 6.14. The van der Waals surface area contributed by atoms with Gasteiger partial charge in [-0.25, -0.2) is 8.42 Å². The molecule has 0 spiro atoms. The fraction of sp³-hybridized carbons (Fsp3) is 0.857. The Kier molecular flexibility index (Phi) is 5.08. The fourth-order valence-electron chi connectivity index (χ4n) is 2.26. The molecule has 122 valence electrons. The first-order valence-corrected chi connectivity index (χ1v) is 9.06. The van der Waals surface area contributed by atoms with Gasteiger partial charge in [0, 0.05) is 12.8 Å². The minimum Gasteiger partial charge on any atom is -0.343 e. The lowest BCUT2D eigenvalue weighted by molar-refractivity contribution is -0.149. The lowest BCUT2D eigenvalue weighted by atomic mass is 9.98. The summed E-state index contributed by atoms with van der Waals surface area (Å²) in [7, 11) is -3.33. The molecule has 0 radical (unpaired) electrons. The highest BCUT2D eigenvalue weighted by atomic mass is 32.2. The van der Waals surface area contributed by atoms with Gasteiger partial charge in [-0.1, -0.05) is 13.8 Å². The van der Waals surface area contributed by atoms with Crippen LogP contribution in [0.3, 0.4) is 0 Å². The summed E-state index contributed by atoms with van der Waals surface area (Å²) < 4.78 is 22.6. The molecule has 0 aliphatic carbocycles. The normalized spacial score (nSPS) is 24.4. The van der Waals surface area contributed by atoms with Crippen LogP contribution in [0.15, 0.2) is 0 Å². The Morgan fingerprint density at radius 1 is 1.29 bits per heavy atom. The van der Waals surface area contributed by atoms with Crippen LogP contribution >= 0.6 is 0 Å². The van der Waals surface area contributed by atoms with Crippen LogP contribution < -0.4 is 5.32 Å². The number of carbonyl (C=O) groups is 2. The third kappa shape index (κ3) is 3.96. The van der Waals surface area contributed by atoms with Gasteiger partial charge < -0.3 is 10.2 Å². The van der Waals surface area contributed by atoms with Gasteiger partial charge in [-0.3, -0.25) is 9.59 Å². The highest BCUT2D eigenvalue weighted by Gasteiger charge is 2.43. The summed E-state index contributed by atoms with van der Waals surface area (Å²) >= 11 is 0. The van der Waals surface area contributed by atoms with E-state index in [1.54, 1.807) is 20.8 Å². The summed E-state index contributed by atoms with van der Waals surface area (Å²) in [6, 6.07) is -1.22. The van der Waals surface area contributed by atoms with E-state index in [-0.39, 0.29) is 24.3 Å². The molecule has 1 N–H and O–H groups in total. The first-order chi connectivity index (χ1) is 9.36. The van der Waals surface area contributed by atoms with E-state index in [1.165, 1.54) is 4.90 Å². The lowest BCUT2D eigenvalue weighted by Crippen LogP contribution is -2.65. The van der Waals surface area contributed by atoms with Gasteiger partial charge in [-0.05, 0) is 33.1 Å². The minimum absolute atomic E-state index is 0.0217. The van der Waals surface area contributed by atoms with Crippen molar-refractivity contribution in [2.45, 2.75) is 57.9 Å². The van der Waals surface area contributed by atoms with Crippen molar-refractivity contribution < 1.29 is 18.0 Å². The Bertz CT molecular complexity index is 525. The number of carbonyl (C=O) groups excluding carboxylic acids is 2. The summed E-state index contributed by atoms with van der Waals surface area (Å²) in [5, 5.41) is 2.72. The van der Waals surface area contributed by atoms with E-state index in [4.69, 9.17) is 0 Å². The first-order valence-electron chi connectivity index (χ1n) is 7.17. The maximum absolute atomic E-state index is 12.5. The van der Waals surface area contributed by atoms with Crippen molar-refractivity contribution in [3.63, 3.8) is 0 Å².